The summed E-state index contributed by atoms with van der Waals surface area (Å²) in [6, 6.07) is 4.18. The second-order valence-electron chi connectivity index (χ2n) is 20.3. The first-order valence-corrected chi connectivity index (χ1v) is 27.7. The summed E-state index contributed by atoms with van der Waals surface area (Å²) < 4.78 is 54.7. The van der Waals surface area contributed by atoms with Crippen molar-refractivity contribution in [3.63, 3.8) is 0 Å². The lowest BCUT2D eigenvalue weighted by molar-refractivity contribution is -0.161. The number of carbonyl (C=O) groups excluding carboxylic acids is 9. The van der Waals surface area contributed by atoms with Crippen LogP contribution in [0.5, 0.6) is 11.5 Å². The molecule has 20 heteroatoms. The number of ether oxygens (including phenoxy) is 10. The van der Waals surface area contributed by atoms with Crippen LogP contribution in [0.15, 0.2) is 56.2 Å². The Labute approximate surface area is 456 Å². The van der Waals surface area contributed by atoms with Gasteiger partial charge in [0.05, 0.1) is 69.2 Å². The van der Waals surface area contributed by atoms with Gasteiger partial charge in [-0.2, -0.15) is 0 Å². The van der Waals surface area contributed by atoms with Crippen molar-refractivity contribution in [2.45, 2.75) is 160 Å². The molecular weight excluding hydrogens is 1020 g/mol. The molecule has 0 saturated heterocycles. The summed E-state index contributed by atoms with van der Waals surface area (Å²) in [4.78, 5) is 112. The third-order valence-corrected chi connectivity index (χ3v) is 14.7. The van der Waals surface area contributed by atoms with Crippen LogP contribution >= 0.6 is 0 Å². The van der Waals surface area contributed by atoms with Gasteiger partial charge in [0.2, 0.25) is 0 Å². The highest BCUT2D eigenvalue weighted by Crippen LogP contribution is 2.37. The average molecular weight is 1100 g/mol. The van der Waals surface area contributed by atoms with Crippen LogP contribution in [0.4, 0.5) is 0 Å². The van der Waals surface area contributed by atoms with Gasteiger partial charge in [-0.15, -0.1) is 0 Å². The number of hydrogen-bond acceptors (Lipinski definition) is 20. The van der Waals surface area contributed by atoms with Crippen molar-refractivity contribution in [3.05, 3.63) is 61.7 Å². The molecule has 0 radical (unpaired) electrons. The van der Waals surface area contributed by atoms with Crippen LogP contribution in [0.3, 0.4) is 0 Å². The summed E-state index contributed by atoms with van der Waals surface area (Å²) in [5.74, 6) is -6.34. The Morgan fingerprint density at radius 3 is 1.21 bits per heavy atom. The molecule has 1 atom stereocenters. The first-order valence-electron chi connectivity index (χ1n) is 27.7. The van der Waals surface area contributed by atoms with E-state index < -0.39 is 48.0 Å². The van der Waals surface area contributed by atoms with E-state index in [1.54, 1.807) is 0 Å². The van der Waals surface area contributed by atoms with Gasteiger partial charge in [0.1, 0.15) is 29.3 Å². The van der Waals surface area contributed by atoms with E-state index in [9.17, 15) is 48.3 Å². The molecule has 1 N–H and O–H groups in total. The zero-order chi connectivity index (χ0) is 56.2. The van der Waals surface area contributed by atoms with Crippen molar-refractivity contribution in [1.29, 1.82) is 0 Å². The molecule has 0 spiro atoms. The molecule has 1 unspecified atom stereocenters. The van der Waals surface area contributed by atoms with Crippen molar-refractivity contribution < 1.29 is 95.6 Å². The number of esters is 9. The zero-order valence-corrected chi connectivity index (χ0v) is 44.8. The third kappa shape index (κ3) is 21.3. The predicted octanol–water partition coefficient (Wildman–Crippen LogP) is 7.88. The molecule has 1 aromatic rings. The van der Waals surface area contributed by atoms with Crippen LogP contribution in [0.2, 0.25) is 0 Å². The number of rotatable bonds is 30. The molecule has 0 amide bonds. The molecule has 4 aliphatic carbocycles. The molecular formula is C58H78O20. The van der Waals surface area contributed by atoms with Crippen molar-refractivity contribution in [1.82, 2.24) is 0 Å². The molecule has 4 fully saturated rings. The summed E-state index contributed by atoms with van der Waals surface area (Å²) in [6.45, 7) is 11.0. The van der Waals surface area contributed by atoms with Crippen molar-refractivity contribution >= 4 is 53.7 Å². The normalized spacial score (nSPS) is 23.3. The van der Waals surface area contributed by atoms with Gasteiger partial charge in [0, 0.05) is 24.1 Å². The number of aliphatic hydroxyl groups is 1. The third-order valence-electron chi connectivity index (χ3n) is 14.7. The van der Waals surface area contributed by atoms with E-state index in [2.05, 4.69) is 19.7 Å². The molecule has 430 valence electrons. The van der Waals surface area contributed by atoms with Gasteiger partial charge in [-0.05, 0) is 159 Å². The molecule has 78 heavy (non-hydrogen) atoms. The molecule has 0 heterocycles. The van der Waals surface area contributed by atoms with Crippen LogP contribution in [0.25, 0.3) is 0 Å². The highest BCUT2D eigenvalue weighted by atomic mass is 16.6. The Kier molecular flexibility index (Phi) is 26.9. The van der Waals surface area contributed by atoms with E-state index >= 15 is 0 Å². The number of unbranched alkanes of at least 4 members (excludes halogenated alkanes) is 3. The van der Waals surface area contributed by atoms with Crippen LogP contribution in [-0.4, -0.2) is 117 Å². The van der Waals surface area contributed by atoms with Crippen LogP contribution < -0.4 is 9.47 Å². The van der Waals surface area contributed by atoms with E-state index in [0.717, 1.165) is 18.2 Å². The lowest BCUT2D eigenvalue weighted by Crippen LogP contribution is -2.35. The molecule has 0 aliphatic heterocycles. The second kappa shape index (κ2) is 33.7. The van der Waals surface area contributed by atoms with Crippen LogP contribution in [-0.2, 0) is 76.3 Å². The standard InChI is InChI=1S/C58H78O20/c1-4-49(59)69-31-7-10-34-72-52(62)38-21-25-44(26-22-38)75-54(64)40-13-15-42(16-14-40)56(66)77-46-29-30-48(47(37-46)58(68)74-36-12-9-33-71-51(61)6-3)78-57(67)43-19-17-41(18-20-43)55(65)76-45-27-23-39(24-28-45)53(63)73-35-11-8-32-70-50(60)5-2/h4-6,29-30,37-45,57,67H,1-3,7-28,31-36H2. The topological polar surface area (TPSA) is 266 Å². The van der Waals surface area contributed by atoms with E-state index in [-0.39, 0.29) is 116 Å². The minimum atomic E-state index is -1.36. The molecule has 4 saturated carbocycles. The Morgan fingerprint density at radius 1 is 0.449 bits per heavy atom. The Hall–Kier alpha value is -6.57. The first-order chi connectivity index (χ1) is 37.7. The molecule has 0 bridgehead atoms. The van der Waals surface area contributed by atoms with E-state index in [4.69, 9.17) is 47.4 Å². The van der Waals surface area contributed by atoms with Crippen LogP contribution in [0, 0.1) is 35.5 Å². The summed E-state index contributed by atoms with van der Waals surface area (Å²) in [6.07, 6.45) is 11.8. The average Bonchev–Trinajstić information content (AvgIpc) is 3.49. The fourth-order valence-electron chi connectivity index (χ4n) is 9.95. The Morgan fingerprint density at radius 2 is 0.795 bits per heavy atom. The van der Waals surface area contributed by atoms with Gasteiger partial charge in [-0.3, -0.25) is 24.0 Å². The van der Waals surface area contributed by atoms with Crippen molar-refractivity contribution in [2.24, 2.45) is 35.5 Å². The van der Waals surface area contributed by atoms with Crippen molar-refractivity contribution in [2.75, 3.05) is 39.6 Å². The Balaban J connectivity index is 1.05. The zero-order valence-electron chi connectivity index (χ0n) is 44.8. The van der Waals surface area contributed by atoms with E-state index in [1.807, 2.05) is 0 Å². The SMILES string of the molecule is C=CC(=O)OCCCCOC(=O)c1cc(OC(=O)C2CCC(C(=O)OC3CCC(C(=O)OCCCCOC(=O)C=C)CC3)CC2)ccc1OC(O)C1CCC(C(=O)OC2CCC(C(=O)OCCCCOC(=O)C=C)CC2)CC1. The van der Waals surface area contributed by atoms with Gasteiger partial charge in [-0.25, -0.2) is 19.2 Å². The largest absolute Gasteiger partial charge is 0.465 e. The number of hydrogen-bond donors (Lipinski definition) is 1. The van der Waals surface area contributed by atoms with Gasteiger partial charge in [-0.1, -0.05) is 19.7 Å². The first kappa shape index (κ1) is 62.3. The number of aliphatic hydroxyl groups excluding tert-OH is 1. The maximum atomic E-state index is 13.6. The monoisotopic (exact) mass is 1090 g/mol. The molecule has 0 aromatic heterocycles. The smallest absolute Gasteiger partial charge is 0.342 e. The van der Waals surface area contributed by atoms with E-state index in [1.165, 1.54) is 18.2 Å². The van der Waals surface area contributed by atoms with E-state index in [0.29, 0.717) is 141 Å². The van der Waals surface area contributed by atoms with Crippen LogP contribution in [0.1, 0.15) is 152 Å². The maximum Gasteiger partial charge on any atom is 0.342 e. The van der Waals surface area contributed by atoms with Gasteiger partial charge in [0.25, 0.3) is 0 Å². The highest BCUT2D eigenvalue weighted by molar-refractivity contribution is 5.93. The van der Waals surface area contributed by atoms with Gasteiger partial charge >= 0.3 is 53.7 Å². The fourth-order valence-corrected chi connectivity index (χ4v) is 9.95. The summed E-state index contributed by atoms with van der Waals surface area (Å²) in [7, 11) is 0. The fraction of sp³-hybridized carbons (Fsp3) is 0.638. The lowest BCUT2D eigenvalue weighted by Gasteiger charge is -2.32. The highest BCUT2D eigenvalue weighted by Gasteiger charge is 2.37. The van der Waals surface area contributed by atoms with Gasteiger partial charge < -0.3 is 52.5 Å². The maximum absolute atomic E-state index is 13.6. The predicted molar refractivity (Wildman–Crippen MR) is 277 cm³/mol. The molecule has 5 rings (SSSR count). The van der Waals surface area contributed by atoms with Gasteiger partial charge in [0.15, 0.2) is 6.29 Å². The lowest BCUT2D eigenvalue weighted by atomic mass is 9.81. The molecule has 4 aliphatic rings. The minimum absolute atomic E-state index is 0.00960. The Bertz CT molecular complexity index is 2190. The quantitative estimate of drug-likeness (QED) is 0.0192. The second-order valence-corrected chi connectivity index (χ2v) is 20.3. The summed E-state index contributed by atoms with van der Waals surface area (Å²) >= 11 is 0. The summed E-state index contributed by atoms with van der Waals surface area (Å²) in [5, 5.41) is 11.3. The summed E-state index contributed by atoms with van der Waals surface area (Å²) in [5.41, 5.74) is -0.0977. The number of benzene rings is 1. The molecule has 20 nitrogen and oxygen atoms in total. The number of carbonyl (C=O) groups is 9. The van der Waals surface area contributed by atoms with Crippen molar-refractivity contribution in [3.8, 4) is 11.5 Å². The molecule has 1 aromatic carbocycles. The minimum Gasteiger partial charge on any atom is -0.465 e.